The average molecular weight is 222 g/mol. The van der Waals surface area contributed by atoms with Crippen LogP contribution in [0, 0.1) is 10.1 Å². The topological polar surface area (TPSA) is 106 Å². The molecule has 16 heavy (non-hydrogen) atoms. The average Bonchev–Trinajstić information content (AvgIpc) is 2.93. The number of carbonyl (C=O) groups is 1. The molecule has 6 heteroatoms. The zero-order valence-corrected chi connectivity index (χ0v) is 8.29. The molecular formula is C10H10N2O4. The van der Waals surface area contributed by atoms with Gasteiger partial charge in [0.2, 0.25) is 0 Å². The minimum atomic E-state index is -1.25. The fourth-order valence-electron chi connectivity index (χ4n) is 1.79. The molecule has 2 atom stereocenters. The van der Waals surface area contributed by atoms with Crippen LogP contribution < -0.4 is 5.73 Å². The van der Waals surface area contributed by atoms with Crippen LogP contribution in [0.3, 0.4) is 0 Å². The van der Waals surface area contributed by atoms with E-state index in [4.69, 9.17) is 10.8 Å². The third-order valence-electron chi connectivity index (χ3n) is 2.89. The van der Waals surface area contributed by atoms with Gasteiger partial charge in [-0.25, -0.2) is 0 Å². The third kappa shape index (κ3) is 1.53. The Balaban J connectivity index is 2.28. The van der Waals surface area contributed by atoms with Gasteiger partial charge in [0.25, 0.3) is 5.69 Å². The Hall–Kier alpha value is -1.95. The van der Waals surface area contributed by atoms with Crippen molar-refractivity contribution in [2.24, 2.45) is 5.73 Å². The highest BCUT2D eigenvalue weighted by Crippen LogP contribution is 2.50. The first-order valence-electron chi connectivity index (χ1n) is 4.72. The van der Waals surface area contributed by atoms with E-state index in [1.807, 2.05) is 0 Å². The molecule has 3 N–H and O–H groups in total. The van der Waals surface area contributed by atoms with Crippen molar-refractivity contribution in [3.63, 3.8) is 0 Å². The molecule has 2 unspecified atom stereocenters. The SMILES string of the molecule is NC1(C(=O)O)CC1c1cccc([N+](=O)[O-])c1. The molecule has 0 aliphatic heterocycles. The Labute approximate surface area is 90.8 Å². The summed E-state index contributed by atoms with van der Waals surface area (Å²) in [6.07, 6.45) is 0.323. The summed E-state index contributed by atoms with van der Waals surface area (Å²) >= 11 is 0. The molecule has 0 amide bonds. The number of hydrogen-bond donors (Lipinski definition) is 2. The molecule has 0 radical (unpaired) electrons. The van der Waals surface area contributed by atoms with Crippen LogP contribution in [0.2, 0.25) is 0 Å². The number of hydrogen-bond acceptors (Lipinski definition) is 4. The standard InChI is InChI=1S/C10H10N2O4/c11-10(9(13)14)5-8(10)6-2-1-3-7(4-6)12(15)16/h1-4,8H,5,11H2,(H,13,14). The number of rotatable bonds is 3. The molecule has 1 aromatic carbocycles. The van der Waals surface area contributed by atoms with E-state index in [-0.39, 0.29) is 11.6 Å². The molecule has 1 saturated carbocycles. The fourth-order valence-corrected chi connectivity index (χ4v) is 1.79. The van der Waals surface area contributed by atoms with Crippen molar-refractivity contribution in [1.82, 2.24) is 0 Å². The number of carboxylic acid groups (broad SMARTS) is 1. The molecule has 0 aromatic heterocycles. The minimum Gasteiger partial charge on any atom is -0.480 e. The van der Waals surface area contributed by atoms with Gasteiger partial charge in [-0.05, 0) is 12.0 Å². The summed E-state index contributed by atoms with van der Waals surface area (Å²) in [6, 6.07) is 5.94. The Morgan fingerprint density at radius 3 is 2.81 bits per heavy atom. The van der Waals surface area contributed by atoms with Crippen LogP contribution >= 0.6 is 0 Å². The monoisotopic (exact) mass is 222 g/mol. The van der Waals surface area contributed by atoms with Gasteiger partial charge >= 0.3 is 5.97 Å². The Kier molecular flexibility index (Phi) is 2.16. The molecule has 1 fully saturated rings. The molecule has 84 valence electrons. The summed E-state index contributed by atoms with van der Waals surface area (Å²) in [7, 11) is 0. The van der Waals surface area contributed by atoms with E-state index in [0.717, 1.165) is 0 Å². The van der Waals surface area contributed by atoms with Gasteiger partial charge in [0, 0.05) is 18.1 Å². The molecule has 1 aromatic rings. The van der Waals surface area contributed by atoms with E-state index >= 15 is 0 Å². The van der Waals surface area contributed by atoms with Crippen molar-refractivity contribution >= 4 is 11.7 Å². The normalized spacial score (nSPS) is 27.4. The summed E-state index contributed by atoms with van der Waals surface area (Å²) < 4.78 is 0. The van der Waals surface area contributed by atoms with Gasteiger partial charge in [0.05, 0.1) is 4.92 Å². The lowest BCUT2D eigenvalue weighted by Crippen LogP contribution is -2.34. The van der Waals surface area contributed by atoms with Gasteiger partial charge in [-0.15, -0.1) is 0 Å². The molecule has 0 bridgehead atoms. The highest BCUT2D eigenvalue weighted by atomic mass is 16.6. The van der Waals surface area contributed by atoms with E-state index in [2.05, 4.69) is 0 Å². The van der Waals surface area contributed by atoms with E-state index in [1.54, 1.807) is 6.07 Å². The van der Waals surface area contributed by atoms with Crippen molar-refractivity contribution in [3.8, 4) is 0 Å². The Morgan fingerprint density at radius 1 is 1.62 bits per heavy atom. The molecule has 0 saturated heterocycles. The van der Waals surface area contributed by atoms with Crippen LogP contribution in [0.5, 0.6) is 0 Å². The van der Waals surface area contributed by atoms with Gasteiger partial charge in [-0.3, -0.25) is 14.9 Å². The van der Waals surface area contributed by atoms with Crippen molar-refractivity contribution in [2.45, 2.75) is 17.9 Å². The zero-order valence-electron chi connectivity index (χ0n) is 8.29. The zero-order chi connectivity index (χ0) is 11.9. The molecule has 0 heterocycles. The maximum atomic E-state index is 10.8. The molecule has 1 aliphatic carbocycles. The highest BCUT2D eigenvalue weighted by Gasteiger charge is 2.58. The number of benzene rings is 1. The minimum absolute atomic E-state index is 0.0443. The second-order valence-corrected chi connectivity index (χ2v) is 3.95. The van der Waals surface area contributed by atoms with Crippen LogP contribution in [0.15, 0.2) is 24.3 Å². The van der Waals surface area contributed by atoms with Gasteiger partial charge in [-0.2, -0.15) is 0 Å². The number of nitrogens with two attached hydrogens (primary N) is 1. The second kappa shape index (κ2) is 3.28. The first-order chi connectivity index (χ1) is 7.45. The maximum Gasteiger partial charge on any atom is 0.324 e. The predicted octanol–water partition coefficient (Wildman–Crippen LogP) is 0.864. The van der Waals surface area contributed by atoms with Crippen molar-refractivity contribution < 1.29 is 14.8 Å². The highest BCUT2D eigenvalue weighted by molar-refractivity contribution is 5.85. The number of non-ortho nitro benzene ring substituents is 1. The molecule has 2 rings (SSSR count). The number of nitrogens with zero attached hydrogens (tertiary/aromatic N) is 1. The lowest BCUT2D eigenvalue weighted by atomic mass is 10.1. The summed E-state index contributed by atoms with van der Waals surface area (Å²) in [5.41, 5.74) is 4.93. The van der Waals surface area contributed by atoms with Crippen molar-refractivity contribution in [2.75, 3.05) is 0 Å². The second-order valence-electron chi connectivity index (χ2n) is 3.95. The molecule has 1 aliphatic rings. The molecule has 6 nitrogen and oxygen atoms in total. The lowest BCUT2D eigenvalue weighted by Gasteiger charge is -2.04. The number of aliphatic carboxylic acids is 1. The largest absolute Gasteiger partial charge is 0.480 e. The fraction of sp³-hybridized carbons (Fsp3) is 0.300. The Bertz CT molecular complexity index is 474. The first-order valence-corrected chi connectivity index (χ1v) is 4.72. The first kappa shape index (κ1) is 10.6. The van der Waals surface area contributed by atoms with Gasteiger partial charge in [0.1, 0.15) is 5.54 Å². The number of nitro benzene ring substituents is 1. The van der Waals surface area contributed by atoms with Crippen molar-refractivity contribution in [1.29, 1.82) is 0 Å². The van der Waals surface area contributed by atoms with Crippen LogP contribution in [0.1, 0.15) is 17.9 Å². The van der Waals surface area contributed by atoms with E-state index in [0.29, 0.717) is 12.0 Å². The smallest absolute Gasteiger partial charge is 0.324 e. The van der Waals surface area contributed by atoms with Gasteiger partial charge in [0.15, 0.2) is 0 Å². The number of carboxylic acids is 1. The molecular weight excluding hydrogens is 212 g/mol. The Morgan fingerprint density at radius 2 is 2.31 bits per heavy atom. The predicted molar refractivity (Wildman–Crippen MR) is 55.0 cm³/mol. The third-order valence-corrected chi connectivity index (χ3v) is 2.89. The lowest BCUT2D eigenvalue weighted by molar-refractivity contribution is -0.384. The van der Waals surface area contributed by atoms with Crippen molar-refractivity contribution in [3.05, 3.63) is 39.9 Å². The van der Waals surface area contributed by atoms with E-state index in [1.165, 1.54) is 18.2 Å². The van der Waals surface area contributed by atoms with E-state index in [9.17, 15) is 14.9 Å². The quantitative estimate of drug-likeness (QED) is 0.582. The molecule has 0 spiro atoms. The van der Waals surface area contributed by atoms with E-state index < -0.39 is 16.4 Å². The van der Waals surface area contributed by atoms with Crippen LogP contribution in [0.4, 0.5) is 5.69 Å². The van der Waals surface area contributed by atoms with Crippen LogP contribution in [0.25, 0.3) is 0 Å². The van der Waals surface area contributed by atoms with Gasteiger partial charge < -0.3 is 10.8 Å². The van der Waals surface area contributed by atoms with Crippen LogP contribution in [-0.2, 0) is 4.79 Å². The summed E-state index contributed by atoms with van der Waals surface area (Å²) in [5, 5.41) is 19.4. The van der Waals surface area contributed by atoms with Crippen LogP contribution in [-0.4, -0.2) is 21.5 Å². The summed E-state index contributed by atoms with van der Waals surface area (Å²) in [6.45, 7) is 0. The van der Waals surface area contributed by atoms with Gasteiger partial charge in [-0.1, -0.05) is 12.1 Å². The number of nitro groups is 1. The summed E-state index contributed by atoms with van der Waals surface area (Å²) in [4.78, 5) is 20.9. The maximum absolute atomic E-state index is 10.8. The summed E-state index contributed by atoms with van der Waals surface area (Å²) in [5.74, 6) is -1.39.